The van der Waals surface area contributed by atoms with Crippen molar-refractivity contribution in [3.8, 4) is 10.6 Å². The minimum atomic E-state index is 0.763. The largest absolute Gasteiger partial charge is 0.149 e. The summed E-state index contributed by atoms with van der Waals surface area (Å²) in [4.78, 5) is 0. The molecule has 0 fully saturated rings. The molecule has 0 aliphatic heterocycles. The van der Waals surface area contributed by atoms with Crippen LogP contribution in [-0.2, 0) is 0 Å². The average molecular weight is 211 g/mol. The maximum atomic E-state index is 6.12. The third kappa shape index (κ3) is 1.57. The molecule has 2 nitrogen and oxygen atoms in total. The molecule has 2 aromatic rings. The molecule has 13 heavy (non-hydrogen) atoms. The van der Waals surface area contributed by atoms with Gasteiger partial charge in [-0.15, -0.1) is 10.2 Å². The molecule has 0 N–H and O–H groups in total. The molecule has 0 radical (unpaired) electrons. The number of benzene rings is 1. The van der Waals surface area contributed by atoms with E-state index in [2.05, 4.69) is 10.2 Å². The van der Waals surface area contributed by atoms with Crippen molar-refractivity contribution in [3.63, 3.8) is 0 Å². The van der Waals surface area contributed by atoms with E-state index in [0.717, 1.165) is 21.2 Å². The second-order valence-electron chi connectivity index (χ2n) is 2.68. The molecule has 4 heteroatoms. The molecule has 1 aromatic heterocycles. The van der Waals surface area contributed by atoms with E-state index in [1.165, 1.54) is 11.3 Å². The van der Waals surface area contributed by atoms with E-state index in [9.17, 15) is 0 Å². The molecule has 1 aromatic carbocycles. The van der Waals surface area contributed by atoms with Gasteiger partial charge in [0, 0.05) is 5.56 Å². The Kier molecular flexibility index (Phi) is 2.29. The van der Waals surface area contributed by atoms with Gasteiger partial charge < -0.3 is 0 Å². The van der Waals surface area contributed by atoms with Gasteiger partial charge in [0.2, 0.25) is 0 Å². The first kappa shape index (κ1) is 8.66. The third-order valence-corrected chi connectivity index (χ3v) is 3.01. The van der Waals surface area contributed by atoms with E-state index in [1.54, 1.807) is 5.51 Å². The molecule has 0 saturated carbocycles. The maximum absolute atomic E-state index is 6.12. The highest BCUT2D eigenvalue weighted by atomic mass is 35.5. The monoisotopic (exact) mass is 210 g/mol. The fraction of sp³-hybridized carbons (Fsp3) is 0.111. The van der Waals surface area contributed by atoms with Crippen LogP contribution in [0.2, 0.25) is 5.02 Å². The Balaban J connectivity index is 2.59. The Hall–Kier alpha value is -0.930. The molecule has 0 amide bonds. The lowest BCUT2D eigenvalue weighted by Crippen LogP contribution is -1.81. The van der Waals surface area contributed by atoms with E-state index < -0.39 is 0 Å². The highest BCUT2D eigenvalue weighted by molar-refractivity contribution is 7.12. The molecular weight excluding hydrogens is 204 g/mol. The van der Waals surface area contributed by atoms with Gasteiger partial charge in [0.05, 0.1) is 5.02 Å². The van der Waals surface area contributed by atoms with Crippen molar-refractivity contribution in [3.05, 3.63) is 34.3 Å². The quantitative estimate of drug-likeness (QED) is 0.723. The van der Waals surface area contributed by atoms with E-state index in [1.807, 2.05) is 25.1 Å². The van der Waals surface area contributed by atoms with Crippen LogP contribution in [0.3, 0.4) is 0 Å². The second-order valence-corrected chi connectivity index (χ2v) is 3.89. The molecule has 0 aliphatic rings. The van der Waals surface area contributed by atoms with Crippen LogP contribution in [0.5, 0.6) is 0 Å². The Morgan fingerprint density at radius 2 is 2.23 bits per heavy atom. The van der Waals surface area contributed by atoms with Crippen LogP contribution in [-0.4, -0.2) is 10.2 Å². The zero-order chi connectivity index (χ0) is 9.26. The number of aryl methyl sites for hydroxylation is 1. The van der Waals surface area contributed by atoms with Crippen molar-refractivity contribution in [2.75, 3.05) is 0 Å². The lowest BCUT2D eigenvalue weighted by Gasteiger charge is -2.01. The van der Waals surface area contributed by atoms with Gasteiger partial charge in [-0.1, -0.05) is 41.1 Å². The van der Waals surface area contributed by atoms with Gasteiger partial charge in [-0.05, 0) is 12.5 Å². The average Bonchev–Trinajstić information content (AvgIpc) is 2.62. The first-order chi connectivity index (χ1) is 6.29. The minimum Gasteiger partial charge on any atom is -0.147 e. The summed E-state index contributed by atoms with van der Waals surface area (Å²) < 4.78 is 0. The molecule has 0 saturated heterocycles. The Morgan fingerprint density at radius 3 is 2.92 bits per heavy atom. The van der Waals surface area contributed by atoms with E-state index in [4.69, 9.17) is 11.6 Å². The topological polar surface area (TPSA) is 25.8 Å². The molecule has 0 atom stereocenters. The van der Waals surface area contributed by atoms with Crippen molar-refractivity contribution >= 4 is 22.9 Å². The number of hydrogen-bond acceptors (Lipinski definition) is 3. The molecule has 0 bridgehead atoms. The van der Waals surface area contributed by atoms with Crippen molar-refractivity contribution in [1.29, 1.82) is 0 Å². The van der Waals surface area contributed by atoms with E-state index in [0.29, 0.717) is 0 Å². The van der Waals surface area contributed by atoms with Crippen molar-refractivity contribution in [2.24, 2.45) is 0 Å². The first-order valence-corrected chi connectivity index (χ1v) is 5.06. The number of hydrogen-bond donors (Lipinski definition) is 0. The second kappa shape index (κ2) is 3.44. The van der Waals surface area contributed by atoms with Gasteiger partial charge in [-0.3, -0.25) is 0 Å². The fourth-order valence-corrected chi connectivity index (χ4v) is 1.96. The smallest absolute Gasteiger partial charge is 0.147 e. The summed E-state index contributed by atoms with van der Waals surface area (Å²) in [6, 6.07) is 5.90. The van der Waals surface area contributed by atoms with Crippen LogP contribution in [0.25, 0.3) is 10.6 Å². The standard InChI is InChI=1S/C9H7ClN2S/c1-6-3-2-4-7(8(6)10)9-12-11-5-13-9/h2-5H,1H3. The van der Waals surface area contributed by atoms with Crippen LogP contribution in [0, 0.1) is 6.92 Å². The van der Waals surface area contributed by atoms with Crippen molar-refractivity contribution in [1.82, 2.24) is 10.2 Å². The fourth-order valence-electron chi connectivity index (χ4n) is 1.10. The Morgan fingerprint density at radius 1 is 1.38 bits per heavy atom. The van der Waals surface area contributed by atoms with Crippen LogP contribution < -0.4 is 0 Å². The van der Waals surface area contributed by atoms with E-state index >= 15 is 0 Å². The van der Waals surface area contributed by atoms with E-state index in [-0.39, 0.29) is 0 Å². The molecule has 0 unspecified atom stereocenters. The van der Waals surface area contributed by atoms with Gasteiger partial charge in [0.1, 0.15) is 10.5 Å². The van der Waals surface area contributed by atoms with Gasteiger partial charge in [-0.25, -0.2) is 0 Å². The predicted octanol–water partition coefficient (Wildman–Crippen LogP) is 3.17. The third-order valence-electron chi connectivity index (χ3n) is 1.78. The number of rotatable bonds is 1. The van der Waals surface area contributed by atoms with Gasteiger partial charge in [0.25, 0.3) is 0 Å². The van der Waals surface area contributed by atoms with Gasteiger partial charge in [-0.2, -0.15) is 0 Å². The summed E-state index contributed by atoms with van der Waals surface area (Å²) in [5.41, 5.74) is 3.73. The zero-order valence-electron chi connectivity index (χ0n) is 6.99. The highest BCUT2D eigenvalue weighted by Gasteiger charge is 2.07. The summed E-state index contributed by atoms with van der Waals surface area (Å²) >= 11 is 7.62. The maximum Gasteiger partial charge on any atom is 0.149 e. The molecular formula is C9H7ClN2S. The first-order valence-electron chi connectivity index (χ1n) is 3.80. The lowest BCUT2D eigenvalue weighted by atomic mass is 10.1. The Labute approximate surface area is 85.2 Å². The van der Waals surface area contributed by atoms with Crippen molar-refractivity contribution < 1.29 is 0 Å². The lowest BCUT2D eigenvalue weighted by molar-refractivity contribution is 1.09. The summed E-state index contributed by atoms with van der Waals surface area (Å²) in [5.74, 6) is 0. The number of nitrogens with zero attached hydrogens (tertiary/aromatic N) is 2. The van der Waals surface area contributed by atoms with Crippen LogP contribution in [0.15, 0.2) is 23.7 Å². The SMILES string of the molecule is Cc1cccc(-c2nncs2)c1Cl. The molecule has 66 valence electrons. The number of halogens is 1. The molecule has 1 heterocycles. The molecule has 0 aliphatic carbocycles. The predicted molar refractivity (Wildman–Crippen MR) is 55.1 cm³/mol. The molecule has 0 spiro atoms. The zero-order valence-corrected chi connectivity index (χ0v) is 8.56. The summed E-state index contributed by atoms with van der Waals surface area (Å²) in [6.07, 6.45) is 0. The normalized spacial score (nSPS) is 10.3. The van der Waals surface area contributed by atoms with Crippen molar-refractivity contribution in [2.45, 2.75) is 6.92 Å². The van der Waals surface area contributed by atoms with Gasteiger partial charge >= 0.3 is 0 Å². The number of aromatic nitrogens is 2. The van der Waals surface area contributed by atoms with Gasteiger partial charge in [0.15, 0.2) is 0 Å². The summed E-state index contributed by atoms with van der Waals surface area (Å²) in [7, 11) is 0. The summed E-state index contributed by atoms with van der Waals surface area (Å²) in [5, 5.41) is 9.38. The van der Waals surface area contributed by atoms with Crippen LogP contribution in [0.4, 0.5) is 0 Å². The Bertz CT molecular complexity index is 412. The summed E-state index contributed by atoms with van der Waals surface area (Å²) in [6.45, 7) is 1.98. The molecule has 2 rings (SSSR count). The highest BCUT2D eigenvalue weighted by Crippen LogP contribution is 2.30. The van der Waals surface area contributed by atoms with Crippen LogP contribution in [0.1, 0.15) is 5.56 Å². The van der Waals surface area contributed by atoms with Crippen LogP contribution >= 0.6 is 22.9 Å². The minimum absolute atomic E-state index is 0.763.